The van der Waals surface area contributed by atoms with Crippen LogP contribution in [0, 0.1) is 12.4 Å². The lowest BCUT2D eigenvalue weighted by Gasteiger charge is -2.27. The van der Waals surface area contributed by atoms with Gasteiger partial charge in [0.1, 0.15) is 50.0 Å². The van der Waals surface area contributed by atoms with Gasteiger partial charge in [0, 0.05) is 26.2 Å². The molecule has 2 saturated heterocycles. The Kier molecular flexibility index (Phi) is 6.58. The van der Waals surface area contributed by atoms with Crippen molar-refractivity contribution >= 4 is 11.8 Å². The molecular formula is C24H30N4O2+2. The van der Waals surface area contributed by atoms with Crippen molar-refractivity contribution in [2.45, 2.75) is 38.5 Å². The van der Waals surface area contributed by atoms with Gasteiger partial charge < -0.3 is 9.80 Å². The molecule has 0 aromatic rings. The molecule has 0 N–H and O–H groups in total. The normalized spacial score (nSPS) is 23.5. The van der Waals surface area contributed by atoms with Crippen molar-refractivity contribution in [2.75, 3.05) is 39.3 Å². The number of piperidine rings is 2. The third-order valence-electron chi connectivity index (χ3n) is 6.00. The molecule has 0 bridgehead atoms. The van der Waals surface area contributed by atoms with Gasteiger partial charge in [-0.2, -0.15) is 9.80 Å². The second kappa shape index (κ2) is 9.71. The van der Waals surface area contributed by atoms with Gasteiger partial charge >= 0.3 is 0 Å². The van der Waals surface area contributed by atoms with Crippen LogP contribution in [-0.4, -0.2) is 70.7 Å². The Morgan fingerprint density at radius 1 is 0.667 bits per heavy atom. The Labute approximate surface area is 179 Å². The molecule has 0 saturated carbocycles. The van der Waals surface area contributed by atoms with Gasteiger partial charge in [0.2, 0.25) is 11.8 Å². The van der Waals surface area contributed by atoms with Crippen molar-refractivity contribution in [1.29, 1.82) is 0 Å². The number of likely N-dealkylation sites (tertiary alicyclic amines) is 2. The summed E-state index contributed by atoms with van der Waals surface area (Å²) in [5.41, 5.74) is 2.03. The van der Waals surface area contributed by atoms with Gasteiger partial charge in [-0.1, -0.05) is 0 Å². The number of hydrogen-bond donors (Lipinski definition) is 0. The van der Waals surface area contributed by atoms with Crippen LogP contribution in [0.1, 0.15) is 38.5 Å². The molecule has 0 atom stereocenters. The third kappa shape index (κ3) is 5.15. The monoisotopic (exact) mass is 406 g/mol. The Hall–Kier alpha value is -2.94. The summed E-state index contributed by atoms with van der Waals surface area (Å²) < 4.78 is 0. The summed E-state index contributed by atoms with van der Waals surface area (Å²) in [6.45, 7) is 4.16. The molecule has 30 heavy (non-hydrogen) atoms. The maximum atomic E-state index is 12.4. The number of carbonyl (C=O) groups is 2. The molecular weight excluding hydrogens is 376 g/mol. The molecule has 6 nitrogen and oxygen atoms in total. The summed E-state index contributed by atoms with van der Waals surface area (Å²) >= 11 is 0. The van der Waals surface area contributed by atoms with Crippen LogP contribution >= 0.6 is 0 Å². The van der Waals surface area contributed by atoms with E-state index in [1.807, 2.05) is 56.3 Å². The van der Waals surface area contributed by atoms with Crippen LogP contribution in [-0.2, 0) is 9.59 Å². The molecule has 0 aromatic heterocycles. The molecule has 156 valence electrons. The average Bonchev–Trinajstić information content (AvgIpc) is 2.81. The zero-order chi connectivity index (χ0) is 20.8. The molecule has 4 aliphatic rings. The molecule has 2 fully saturated rings. The zero-order valence-electron chi connectivity index (χ0n) is 17.6. The lowest BCUT2D eigenvalue weighted by molar-refractivity contribution is -0.133. The third-order valence-corrected chi connectivity index (χ3v) is 6.00. The highest BCUT2D eigenvalue weighted by atomic mass is 16.2. The van der Waals surface area contributed by atoms with Crippen LogP contribution in [0.2, 0.25) is 0 Å². The van der Waals surface area contributed by atoms with Gasteiger partial charge in [-0.15, -0.1) is 0 Å². The summed E-state index contributed by atoms with van der Waals surface area (Å²) in [6.07, 6.45) is 24.8. The second-order valence-electron chi connectivity index (χ2n) is 8.23. The van der Waals surface area contributed by atoms with Gasteiger partial charge in [-0.25, -0.2) is 0 Å². The van der Waals surface area contributed by atoms with E-state index in [-0.39, 0.29) is 11.8 Å². The molecule has 0 spiro atoms. The molecule has 2 amide bonds. The molecule has 4 rings (SSSR count). The van der Waals surface area contributed by atoms with E-state index in [1.165, 1.54) is 12.8 Å². The van der Waals surface area contributed by atoms with E-state index in [0.29, 0.717) is 13.1 Å². The van der Waals surface area contributed by atoms with E-state index >= 15 is 0 Å². The molecule has 0 radical (unpaired) electrons. The second-order valence-corrected chi connectivity index (χ2v) is 8.23. The predicted octanol–water partition coefficient (Wildman–Crippen LogP) is 2.60. The fourth-order valence-electron chi connectivity index (χ4n) is 4.16. The van der Waals surface area contributed by atoms with Crippen LogP contribution in [0.25, 0.3) is 0 Å². The van der Waals surface area contributed by atoms with Crippen molar-refractivity contribution < 1.29 is 9.59 Å². The first kappa shape index (κ1) is 20.3. The van der Waals surface area contributed by atoms with E-state index in [1.54, 1.807) is 0 Å². The number of hydrogen-bond acceptors (Lipinski definition) is 4. The van der Waals surface area contributed by atoms with Crippen LogP contribution in [0.5, 0.6) is 0 Å². The average molecular weight is 407 g/mol. The largest absolute Gasteiger partial charge is 0.341 e. The van der Waals surface area contributed by atoms with E-state index in [9.17, 15) is 9.59 Å². The molecule has 4 heterocycles. The van der Waals surface area contributed by atoms with E-state index in [4.69, 9.17) is 0 Å². The van der Waals surface area contributed by atoms with Gasteiger partial charge in [-0.3, -0.25) is 9.59 Å². The van der Waals surface area contributed by atoms with Crippen molar-refractivity contribution in [1.82, 2.24) is 19.6 Å². The number of carbonyl (C=O) groups excluding carboxylic acids is 2. The highest BCUT2D eigenvalue weighted by Crippen LogP contribution is 2.20. The van der Waals surface area contributed by atoms with Gasteiger partial charge in [0.25, 0.3) is 0 Å². The molecule has 0 aromatic carbocycles. The first-order valence-electron chi connectivity index (χ1n) is 11.1. The van der Waals surface area contributed by atoms with Crippen LogP contribution in [0.3, 0.4) is 0 Å². The number of rotatable bonds is 4. The molecule has 0 aliphatic carbocycles. The Balaban J connectivity index is 1.28. The van der Waals surface area contributed by atoms with Crippen LogP contribution in [0.4, 0.5) is 0 Å². The summed E-state index contributed by atoms with van der Waals surface area (Å²) in [4.78, 5) is 32.3. The number of allylic oxidation sites excluding steroid dienone is 6. The highest BCUT2D eigenvalue weighted by molar-refractivity contribution is 5.79. The van der Waals surface area contributed by atoms with Gasteiger partial charge in [0.15, 0.2) is 11.1 Å². The minimum atomic E-state index is 0.163. The predicted molar refractivity (Wildman–Crippen MR) is 115 cm³/mol. The lowest BCUT2D eigenvalue weighted by Crippen LogP contribution is -2.40. The van der Waals surface area contributed by atoms with Crippen molar-refractivity contribution in [3.05, 3.63) is 60.3 Å². The Morgan fingerprint density at radius 2 is 1.07 bits per heavy atom. The molecule has 0 unspecified atom stereocenters. The summed E-state index contributed by atoms with van der Waals surface area (Å²) in [5.74, 6) is 0.326. The first-order valence-corrected chi connectivity index (χ1v) is 11.1. The van der Waals surface area contributed by atoms with Crippen molar-refractivity contribution in [3.8, 4) is 0 Å². The van der Waals surface area contributed by atoms with Crippen molar-refractivity contribution in [3.63, 3.8) is 0 Å². The first-order chi connectivity index (χ1) is 14.7. The lowest BCUT2D eigenvalue weighted by atomic mass is 10.0. The van der Waals surface area contributed by atoms with E-state index < -0.39 is 0 Å². The highest BCUT2D eigenvalue weighted by Gasteiger charge is 2.25. The van der Waals surface area contributed by atoms with E-state index in [0.717, 1.165) is 63.0 Å². The minimum Gasteiger partial charge on any atom is -0.341 e. The standard InChI is InChI=1S/C24H30N4O2/c29-23(27-11-3-1-4-12-27)19-25-15-7-21(8-16-25)22-9-17-26(18-10-22)20-24(30)28-13-5-2-6-14-28/h7-10,15,17H,1-6,11-14,19-20H2/q+2. The van der Waals surface area contributed by atoms with E-state index in [2.05, 4.69) is 12.4 Å². The Bertz CT molecular complexity index is 698. The van der Waals surface area contributed by atoms with Gasteiger partial charge in [-0.05, 0) is 38.5 Å². The van der Waals surface area contributed by atoms with Crippen LogP contribution in [0.15, 0.2) is 47.9 Å². The zero-order valence-corrected chi connectivity index (χ0v) is 17.6. The Morgan fingerprint density at radius 3 is 1.40 bits per heavy atom. The SMILES string of the molecule is O=C(CN1[C+]=CC(=C2C=[C+]N(CC(=O)N3CCCCC3)C=C2)C=C1)N1CCCCC1. The topological polar surface area (TPSA) is 47.1 Å². The summed E-state index contributed by atoms with van der Waals surface area (Å²) in [7, 11) is 0. The smallest absolute Gasteiger partial charge is 0.246 e. The molecule has 4 aliphatic heterocycles. The molecule has 6 heteroatoms. The fourth-order valence-corrected chi connectivity index (χ4v) is 4.16. The quantitative estimate of drug-likeness (QED) is 0.674. The maximum absolute atomic E-state index is 12.4. The fraction of sp³-hybridized carbons (Fsp3) is 0.500. The maximum Gasteiger partial charge on any atom is 0.246 e. The summed E-state index contributed by atoms with van der Waals surface area (Å²) in [6, 6.07) is 0. The van der Waals surface area contributed by atoms with Crippen LogP contribution < -0.4 is 0 Å². The summed E-state index contributed by atoms with van der Waals surface area (Å²) in [5, 5.41) is 0. The van der Waals surface area contributed by atoms with Gasteiger partial charge in [0.05, 0.1) is 12.2 Å². The number of amides is 2. The van der Waals surface area contributed by atoms with Crippen molar-refractivity contribution in [2.24, 2.45) is 0 Å². The minimum absolute atomic E-state index is 0.163. The number of nitrogens with zero attached hydrogens (tertiary/aromatic N) is 4.